The molecule has 1 aromatic heterocycles. The Bertz CT molecular complexity index is 1950. The molecule has 0 bridgehead atoms. The van der Waals surface area contributed by atoms with Crippen molar-refractivity contribution in [1.82, 2.24) is 20.6 Å². The second-order valence-corrected chi connectivity index (χ2v) is 22.1. The summed E-state index contributed by atoms with van der Waals surface area (Å²) in [7, 11) is 0. The number of carboxylic acid groups (broad SMARTS) is 1. The average Bonchev–Trinajstić information content (AvgIpc) is 3.41. The van der Waals surface area contributed by atoms with Crippen molar-refractivity contribution in [3.63, 3.8) is 0 Å². The van der Waals surface area contributed by atoms with E-state index in [1.165, 1.54) is 12.4 Å². The molecule has 1 heterocycles. The molecule has 5 fully saturated rings. The molecule has 11 heteroatoms. The van der Waals surface area contributed by atoms with Gasteiger partial charge in [0.2, 0.25) is 5.91 Å². The SMILES string of the molecule is Cc1cnc(C(=O)NC(C)(C)C(=O)N[C@@]23CC[C@]4(C)[C@H](CC[C@@H]5[C@@]6(C)CC[C@H](OC(=O)C7C[C@@H](C(=O)O)C7(C)C)C(C)(C)[C@@H]6CC[C@]54C)C2=C(C(C)C)C(=O)C3)cn1. The van der Waals surface area contributed by atoms with Gasteiger partial charge in [0.15, 0.2) is 5.78 Å². The van der Waals surface area contributed by atoms with Crippen LogP contribution in [-0.2, 0) is 23.9 Å². The molecular formula is C47H68N4O7. The highest BCUT2D eigenvalue weighted by Crippen LogP contribution is 2.76. The molecule has 1 unspecified atom stereocenters. The third kappa shape index (κ3) is 6.11. The predicted molar refractivity (Wildman–Crippen MR) is 219 cm³/mol. The number of aryl methyl sites for hydroxylation is 1. The normalized spacial score (nSPS) is 38.7. The summed E-state index contributed by atoms with van der Waals surface area (Å²) < 4.78 is 6.41. The number of fused-ring (bicyclic) bond motifs is 7. The van der Waals surface area contributed by atoms with Gasteiger partial charge < -0.3 is 20.5 Å². The number of esters is 1. The number of carbonyl (C=O) groups is 5. The lowest BCUT2D eigenvalue weighted by Gasteiger charge is -2.72. The Kier molecular flexibility index (Phi) is 10.0. The van der Waals surface area contributed by atoms with Gasteiger partial charge in [-0.1, -0.05) is 62.3 Å². The van der Waals surface area contributed by atoms with Crippen LogP contribution in [0.5, 0.6) is 0 Å². The molecular weight excluding hydrogens is 733 g/mol. The van der Waals surface area contributed by atoms with E-state index in [4.69, 9.17) is 4.74 Å². The summed E-state index contributed by atoms with van der Waals surface area (Å²) in [6.45, 7) is 25.2. The molecule has 0 radical (unpaired) electrons. The van der Waals surface area contributed by atoms with E-state index in [0.29, 0.717) is 30.4 Å². The molecule has 1 aromatic rings. The fourth-order valence-corrected chi connectivity index (χ4v) is 14.2. The Morgan fingerprint density at radius 2 is 1.53 bits per heavy atom. The van der Waals surface area contributed by atoms with E-state index in [-0.39, 0.29) is 69.4 Å². The molecule has 5 saturated carbocycles. The number of amides is 2. The van der Waals surface area contributed by atoms with Crippen molar-refractivity contribution < 1.29 is 33.8 Å². The molecule has 6 aliphatic carbocycles. The second kappa shape index (κ2) is 13.7. The fraction of sp³-hybridized carbons (Fsp3) is 0.766. The van der Waals surface area contributed by atoms with Gasteiger partial charge in [0.05, 0.1) is 29.3 Å². The van der Waals surface area contributed by atoms with E-state index in [9.17, 15) is 29.1 Å². The van der Waals surface area contributed by atoms with Crippen LogP contribution < -0.4 is 10.6 Å². The van der Waals surface area contributed by atoms with Crippen molar-refractivity contribution >= 4 is 29.5 Å². The van der Waals surface area contributed by atoms with Crippen LogP contribution in [0.25, 0.3) is 0 Å². The lowest BCUT2D eigenvalue weighted by molar-refractivity contribution is -0.235. The van der Waals surface area contributed by atoms with E-state index in [0.717, 1.165) is 56.1 Å². The first-order valence-corrected chi connectivity index (χ1v) is 21.9. The summed E-state index contributed by atoms with van der Waals surface area (Å²) in [5.74, 6) is -1.82. The summed E-state index contributed by atoms with van der Waals surface area (Å²) in [4.78, 5) is 75.5. The number of hydrogen-bond acceptors (Lipinski definition) is 8. The Labute approximate surface area is 345 Å². The Hall–Kier alpha value is -3.63. The largest absolute Gasteiger partial charge is 0.481 e. The van der Waals surface area contributed by atoms with E-state index < -0.39 is 40.2 Å². The Morgan fingerprint density at radius 3 is 2.14 bits per heavy atom. The number of ketones is 1. The van der Waals surface area contributed by atoms with E-state index in [1.54, 1.807) is 20.8 Å². The summed E-state index contributed by atoms with van der Waals surface area (Å²) in [5.41, 5.74) is -0.259. The molecule has 7 rings (SSSR count). The van der Waals surface area contributed by atoms with E-state index in [1.807, 2.05) is 13.8 Å². The number of aromatic nitrogens is 2. The molecule has 6 aliphatic rings. The van der Waals surface area contributed by atoms with Crippen molar-refractivity contribution in [3.8, 4) is 0 Å². The van der Waals surface area contributed by atoms with Crippen molar-refractivity contribution in [1.29, 1.82) is 0 Å². The number of nitrogens with one attached hydrogen (secondary N) is 2. The maximum Gasteiger partial charge on any atom is 0.309 e. The standard InChI is InChI=1S/C47H68N4O7/c1-25(2)35-31(52)22-47(51-40(57)43(8,9)50-37(53)30-24-48-26(3)23-49-30)20-19-45(11)27(36(35)47)13-14-33-44(10)17-16-34(42(6,7)32(44)15-18-46(33,45)12)58-39(56)29-21-28(38(54)55)41(29,4)5/h23-25,27-29,32-34H,13-22H2,1-12H3,(H,50,53)(H,51,57)(H,54,55)/t27-,28+,29?,32+,33-,34+,44+,45-,46-,47-/m1/s1. The topological polar surface area (TPSA) is 165 Å². The Balaban J connectivity index is 1.13. The number of carbonyl (C=O) groups excluding carboxylic acids is 4. The molecule has 58 heavy (non-hydrogen) atoms. The molecule has 2 amide bonds. The first-order chi connectivity index (χ1) is 26.8. The van der Waals surface area contributed by atoms with Crippen LogP contribution in [0.15, 0.2) is 23.5 Å². The van der Waals surface area contributed by atoms with Crippen LogP contribution in [0.4, 0.5) is 0 Å². The van der Waals surface area contributed by atoms with Gasteiger partial charge in [-0.25, -0.2) is 4.98 Å². The average molecular weight is 801 g/mol. The maximum atomic E-state index is 14.3. The number of ether oxygens (including phenoxy) is 1. The maximum absolute atomic E-state index is 14.3. The van der Waals surface area contributed by atoms with Crippen LogP contribution in [0.3, 0.4) is 0 Å². The van der Waals surface area contributed by atoms with E-state index >= 15 is 0 Å². The second-order valence-electron chi connectivity index (χ2n) is 22.1. The Morgan fingerprint density at radius 1 is 0.845 bits per heavy atom. The zero-order chi connectivity index (χ0) is 42.8. The molecule has 3 N–H and O–H groups in total. The summed E-state index contributed by atoms with van der Waals surface area (Å²) in [5, 5.41) is 16.0. The molecule has 10 atom stereocenters. The molecule has 0 spiro atoms. The molecule has 0 saturated heterocycles. The van der Waals surface area contributed by atoms with Gasteiger partial charge in [-0.2, -0.15) is 0 Å². The number of nitrogens with zero attached hydrogens (tertiary/aromatic N) is 2. The highest BCUT2D eigenvalue weighted by Gasteiger charge is 2.71. The molecule has 0 aromatic carbocycles. The van der Waals surface area contributed by atoms with Gasteiger partial charge in [0.1, 0.15) is 17.3 Å². The quantitative estimate of drug-likeness (QED) is 0.223. The molecule has 318 valence electrons. The lowest BCUT2D eigenvalue weighted by atomic mass is 9.33. The minimum Gasteiger partial charge on any atom is -0.481 e. The zero-order valence-electron chi connectivity index (χ0n) is 37.1. The van der Waals surface area contributed by atoms with Gasteiger partial charge in [-0.05, 0) is 135 Å². The van der Waals surface area contributed by atoms with Gasteiger partial charge in [0.25, 0.3) is 5.91 Å². The zero-order valence-corrected chi connectivity index (χ0v) is 37.1. The van der Waals surface area contributed by atoms with Crippen LogP contribution in [0.1, 0.15) is 157 Å². The van der Waals surface area contributed by atoms with Gasteiger partial charge in [-0.15, -0.1) is 0 Å². The highest BCUT2D eigenvalue weighted by molar-refractivity contribution is 6.03. The first-order valence-electron chi connectivity index (χ1n) is 21.9. The minimum atomic E-state index is -1.28. The monoisotopic (exact) mass is 801 g/mol. The number of hydrogen-bond donors (Lipinski definition) is 3. The predicted octanol–water partition coefficient (Wildman–Crippen LogP) is 7.80. The number of Topliss-reactive ketones (excluding diaryl/α,β-unsaturated/α-hetero) is 1. The summed E-state index contributed by atoms with van der Waals surface area (Å²) >= 11 is 0. The minimum absolute atomic E-state index is 0.00884. The highest BCUT2D eigenvalue weighted by atomic mass is 16.5. The van der Waals surface area contributed by atoms with Crippen molar-refractivity contribution in [2.45, 2.75) is 164 Å². The van der Waals surface area contributed by atoms with Gasteiger partial charge in [0, 0.05) is 18.0 Å². The van der Waals surface area contributed by atoms with Crippen LogP contribution in [0, 0.1) is 69.5 Å². The van der Waals surface area contributed by atoms with Crippen molar-refractivity contribution in [3.05, 3.63) is 34.9 Å². The fourth-order valence-electron chi connectivity index (χ4n) is 14.2. The smallest absolute Gasteiger partial charge is 0.309 e. The van der Waals surface area contributed by atoms with Crippen LogP contribution in [-0.4, -0.2) is 61.8 Å². The van der Waals surface area contributed by atoms with Gasteiger partial charge in [-0.3, -0.25) is 29.0 Å². The van der Waals surface area contributed by atoms with Crippen molar-refractivity contribution in [2.75, 3.05) is 0 Å². The summed E-state index contributed by atoms with van der Waals surface area (Å²) in [6, 6.07) is 0. The third-order valence-corrected chi connectivity index (χ3v) is 17.8. The van der Waals surface area contributed by atoms with E-state index in [2.05, 4.69) is 69.1 Å². The number of aliphatic carboxylic acids is 1. The van der Waals surface area contributed by atoms with Crippen LogP contribution in [0.2, 0.25) is 0 Å². The van der Waals surface area contributed by atoms with Gasteiger partial charge >= 0.3 is 11.9 Å². The molecule has 0 aliphatic heterocycles. The molecule has 11 nitrogen and oxygen atoms in total. The van der Waals surface area contributed by atoms with Crippen LogP contribution >= 0.6 is 0 Å². The third-order valence-electron chi connectivity index (χ3n) is 17.8. The van der Waals surface area contributed by atoms with Crippen molar-refractivity contribution in [2.24, 2.45) is 62.6 Å². The number of rotatable bonds is 8. The lowest BCUT2D eigenvalue weighted by Crippen LogP contribution is -2.68. The summed E-state index contributed by atoms with van der Waals surface area (Å²) in [6.07, 6.45) is 10.5. The first kappa shape index (κ1) is 42.5. The number of allylic oxidation sites excluding steroid dienone is 1. The number of carboxylic acids is 1.